The average molecular weight is 476 g/mol. The first kappa shape index (κ1) is 24.9. The van der Waals surface area contributed by atoms with Crippen LogP contribution in [-0.4, -0.2) is 69.2 Å². The first-order chi connectivity index (χ1) is 15.5. The standard InChI is InChI=1S/C19H24F2N4O.C2HF3O2/c1-24-13-4-2-5-14(24)9-12(8-13)23-19(26)16-10-25(11-17(20)21)18-15(16)6-3-7-22-18;3-2(4,5)1(6)7/h3,6-7,10,12-14,17H,2,4-5,8-9,11H2,1H3,(H,23,26);(H,6,7). The Morgan fingerprint density at radius 3 is 2.39 bits per heavy atom. The number of rotatable bonds is 4. The highest BCUT2D eigenvalue weighted by atomic mass is 19.4. The molecule has 2 aliphatic heterocycles. The molecule has 12 heteroatoms. The molecule has 1 amide bonds. The second-order valence-corrected chi connectivity index (χ2v) is 8.31. The van der Waals surface area contributed by atoms with Crippen molar-refractivity contribution in [2.45, 2.75) is 69.4 Å². The van der Waals surface area contributed by atoms with Crippen molar-refractivity contribution in [3.05, 3.63) is 30.1 Å². The van der Waals surface area contributed by atoms with Crippen molar-refractivity contribution >= 4 is 22.9 Å². The zero-order valence-corrected chi connectivity index (χ0v) is 17.9. The minimum absolute atomic E-state index is 0.138. The van der Waals surface area contributed by atoms with Gasteiger partial charge in [0.2, 0.25) is 0 Å². The molecular weight excluding hydrogens is 451 g/mol. The fourth-order valence-corrected chi connectivity index (χ4v) is 4.59. The van der Waals surface area contributed by atoms with Gasteiger partial charge in [-0.25, -0.2) is 18.6 Å². The maximum Gasteiger partial charge on any atom is 0.490 e. The van der Waals surface area contributed by atoms with E-state index in [0.717, 1.165) is 12.8 Å². The van der Waals surface area contributed by atoms with Crippen molar-refractivity contribution in [2.75, 3.05) is 7.05 Å². The fourth-order valence-electron chi connectivity index (χ4n) is 4.59. The van der Waals surface area contributed by atoms with Crippen LogP contribution in [-0.2, 0) is 11.3 Å². The molecule has 4 heterocycles. The number of nitrogens with one attached hydrogen (secondary N) is 1. The second-order valence-electron chi connectivity index (χ2n) is 8.31. The van der Waals surface area contributed by atoms with Crippen molar-refractivity contribution in [1.82, 2.24) is 19.8 Å². The van der Waals surface area contributed by atoms with E-state index in [0.29, 0.717) is 28.7 Å². The van der Waals surface area contributed by atoms with Crippen LogP contribution < -0.4 is 5.32 Å². The van der Waals surface area contributed by atoms with Gasteiger partial charge in [-0.05, 0) is 44.9 Å². The maximum atomic E-state index is 12.9. The molecule has 2 N–H and O–H groups in total. The van der Waals surface area contributed by atoms with E-state index in [9.17, 15) is 26.7 Å². The molecule has 2 unspecified atom stereocenters. The number of halogens is 5. The van der Waals surface area contributed by atoms with Crippen molar-refractivity contribution in [3.8, 4) is 0 Å². The zero-order valence-electron chi connectivity index (χ0n) is 17.9. The lowest BCUT2D eigenvalue weighted by atomic mass is 9.82. The van der Waals surface area contributed by atoms with Crippen LogP contribution in [0.25, 0.3) is 11.0 Å². The second kappa shape index (κ2) is 10.0. The topological polar surface area (TPSA) is 87.5 Å². The van der Waals surface area contributed by atoms with Crippen LogP contribution in [0.3, 0.4) is 0 Å². The van der Waals surface area contributed by atoms with Crippen LogP contribution in [0.5, 0.6) is 0 Å². The Hall–Kier alpha value is -2.76. The molecule has 182 valence electrons. The van der Waals surface area contributed by atoms with E-state index in [-0.39, 0.29) is 11.9 Å². The van der Waals surface area contributed by atoms with Gasteiger partial charge in [-0.15, -0.1) is 0 Å². The van der Waals surface area contributed by atoms with Gasteiger partial charge in [-0.1, -0.05) is 6.42 Å². The number of aliphatic carboxylic acids is 1. The number of amides is 1. The van der Waals surface area contributed by atoms with E-state index in [1.807, 2.05) is 0 Å². The molecule has 0 aromatic carbocycles. The van der Waals surface area contributed by atoms with E-state index < -0.39 is 25.1 Å². The van der Waals surface area contributed by atoms with Crippen molar-refractivity contribution in [1.29, 1.82) is 0 Å². The molecule has 2 bridgehead atoms. The lowest BCUT2D eigenvalue weighted by molar-refractivity contribution is -0.192. The van der Waals surface area contributed by atoms with Crippen LogP contribution in [0.2, 0.25) is 0 Å². The molecule has 0 spiro atoms. The molecule has 2 atom stereocenters. The summed E-state index contributed by atoms with van der Waals surface area (Å²) in [5.74, 6) is -2.95. The Morgan fingerprint density at radius 2 is 1.85 bits per heavy atom. The predicted octanol–water partition coefficient (Wildman–Crippen LogP) is 3.68. The highest BCUT2D eigenvalue weighted by molar-refractivity contribution is 6.06. The molecule has 7 nitrogen and oxygen atoms in total. The highest BCUT2D eigenvalue weighted by Gasteiger charge is 2.38. The summed E-state index contributed by atoms with van der Waals surface area (Å²) in [7, 11) is 2.18. The summed E-state index contributed by atoms with van der Waals surface area (Å²) in [4.78, 5) is 28.4. The highest BCUT2D eigenvalue weighted by Crippen LogP contribution is 2.33. The Balaban J connectivity index is 0.000000383. The molecule has 2 aliphatic rings. The molecule has 0 aliphatic carbocycles. The van der Waals surface area contributed by atoms with Gasteiger partial charge in [-0.2, -0.15) is 13.2 Å². The first-order valence-corrected chi connectivity index (χ1v) is 10.5. The zero-order chi connectivity index (χ0) is 24.3. The van der Waals surface area contributed by atoms with E-state index in [4.69, 9.17) is 9.90 Å². The number of carbonyl (C=O) groups excluding carboxylic acids is 1. The molecule has 33 heavy (non-hydrogen) atoms. The summed E-state index contributed by atoms with van der Waals surface area (Å²) < 4.78 is 58.8. The molecule has 2 fully saturated rings. The minimum Gasteiger partial charge on any atom is -0.475 e. The molecule has 2 saturated heterocycles. The van der Waals surface area contributed by atoms with Gasteiger partial charge in [-0.3, -0.25) is 4.79 Å². The van der Waals surface area contributed by atoms with Gasteiger partial charge in [0.1, 0.15) is 5.65 Å². The van der Waals surface area contributed by atoms with Crippen LogP contribution in [0.15, 0.2) is 24.5 Å². The number of hydrogen-bond donors (Lipinski definition) is 2. The van der Waals surface area contributed by atoms with Gasteiger partial charge in [0, 0.05) is 35.9 Å². The normalized spacial score (nSPS) is 23.2. The first-order valence-electron chi connectivity index (χ1n) is 10.5. The minimum atomic E-state index is -5.08. The SMILES string of the molecule is CN1C2CCCC1CC(NC(=O)c1cn(CC(F)F)c3ncccc13)C2.O=C(O)C(F)(F)F. The molecule has 2 aromatic rings. The number of fused-ring (bicyclic) bond motifs is 3. The Labute approximate surface area is 186 Å². The van der Waals surface area contributed by atoms with Gasteiger partial charge >= 0.3 is 12.1 Å². The van der Waals surface area contributed by atoms with Crippen molar-refractivity contribution in [2.24, 2.45) is 0 Å². The molecular formula is C21H25F5N4O3. The number of aromatic nitrogens is 2. The van der Waals surface area contributed by atoms with Crippen molar-refractivity contribution in [3.63, 3.8) is 0 Å². The van der Waals surface area contributed by atoms with Crippen LogP contribution in [0.1, 0.15) is 42.5 Å². The Kier molecular flexibility index (Phi) is 7.55. The number of piperidine rings is 2. The Bertz CT molecular complexity index is 980. The van der Waals surface area contributed by atoms with Gasteiger partial charge in [0.15, 0.2) is 0 Å². The molecule has 4 rings (SSSR count). The Morgan fingerprint density at radius 1 is 1.24 bits per heavy atom. The van der Waals surface area contributed by atoms with E-state index in [2.05, 4.69) is 22.2 Å². The van der Waals surface area contributed by atoms with Gasteiger partial charge in [0.25, 0.3) is 12.3 Å². The van der Waals surface area contributed by atoms with Crippen LogP contribution in [0, 0.1) is 0 Å². The summed E-state index contributed by atoms with van der Waals surface area (Å²) in [5.41, 5.74) is 0.857. The number of pyridine rings is 1. The monoisotopic (exact) mass is 476 g/mol. The molecule has 0 saturated carbocycles. The summed E-state index contributed by atoms with van der Waals surface area (Å²) in [5, 5.41) is 10.9. The van der Waals surface area contributed by atoms with Gasteiger partial charge < -0.3 is 19.9 Å². The number of carboxylic acids is 1. The fraction of sp³-hybridized carbons (Fsp3) is 0.571. The van der Waals surface area contributed by atoms with Crippen LogP contribution >= 0.6 is 0 Å². The lowest BCUT2D eigenvalue weighted by Crippen LogP contribution is -2.55. The number of nitrogens with zero attached hydrogens (tertiary/aromatic N) is 3. The molecule has 0 radical (unpaired) electrons. The smallest absolute Gasteiger partial charge is 0.475 e. The average Bonchev–Trinajstić information content (AvgIpc) is 3.07. The number of hydrogen-bond acceptors (Lipinski definition) is 4. The third-order valence-electron chi connectivity index (χ3n) is 6.13. The lowest BCUT2D eigenvalue weighted by Gasteiger charge is -2.47. The molecule has 2 aromatic heterocycles. The third kappa shape index (κ3) is 5.98. The van der Waals surface area contributed by atoms with Crippen molar-refractivity contribution < 1.29 is 36.6 Å². The predicted molar refractivity (Wildman–Crippen MR) is 109 cm³/mol. The number of carboxylic acid groups (broad SMARTS) is 1. The van der Waals surface area contributed by atoms with Gasteiger partial charge in [0.05, 0.1) is 12.1 Å². The third-order valence-corrected chi connectivity index (χ3v) is 6.13. The van der Waals surface area contributed by atoms with E-state index in [1.54, 1.807) is 18.3 Å². The summed E-state index contributed by atoms with van der Waals surface area (Å²) in [6.07, 6.45) is 1.01. The largest absolute Gasteiger partial charge is 0.490 e. The number of alkyl halides is 5. The quantitative estimate of drug-likeness (QED) is 0.658. The van der Waals surface area contributed by atoms with Crippen LogP contribution in [0.4, 0.5) is 22.0 Å². The summed E-state index contributed by atoms with van der Waals surface area (Å²) in [6.45, 7) is -0.459. The number of carbonyl (C=O) groups is 2. The summed E-state index contributed by atoms with van der Waals surface area (Å²) in [6, 6.07) is 4.68. The van der Waals surface area contributed by atoms with E-state index in [1.165, 1.54) is 30.0 Å². The summed E-state index contributed by atoms with van der Waals surface area (Å²) >= 11 is 0. The van der Waals surface area contributed by atoms with E-state index >= 15 is 0 Å². The maximum absolute atomic E-state index is 12.9.